The molecule has 0 radical (unpaired) electrons. The average molecular weight is 1900 g/mol. The number of nitrogens with zero attached hydrogens (tertiary/aromatic N) is 8. The number of hydrogen-bond donors (Lipinski definition) is 4. The molecule has 1 aliphatic rings. The second-order valence-corrected chi connectivity index (χ2v) is 43.0. The minimum absolute atomic E-state index is 0.263. The predicted molar refractivity (Wildman–Crippen MR) is 519 cm³/mol. The van der Waals surface area contributed by atoms with E-state index in [1.807, 2.05) is 24.3 Å². The molecule has 1 aliphatic heterocycles. The fourth-order valence-electron chi connectivity index (χ4n) is 14.0. The Morgan fingerprint density at radius 2 is 0.424 bits per heavy atom. The monoisotopic (exact) mass is 1900 g/mol. The van der Waals surface area contributed by atoms with Crippen molar-refractivity contribution in [1.29, 1.82) is 0 Å². The first-order valence-electron chi connectivity index (χ1n) is 43.2. The van der Waals surface area contributed by atoms with Gasteiger partial charge in [0.2, 0.25) is 0 Å². The molecule has 132 heavy (non-hydrogen) atoms. The van der Waals surface area contributed by atoms with E-state index in [0.29, 0.717) is 88.3 Å². The molecule has 0 saturated carbocycles. The number of carbonyl (C=O) groups excluding carboxylic acids is 4. The molecule has 0 aromatic heterocycles. The summed E-state index contributed by atoms with van der Waals surface area (Å²) in [6.07, 6.45) is 3.01. The minimum atomic E-state index is -1.75. The Morgan fingerprint density at radius 1 is 0.280 bits per heavy atom. The van der Waals surface area contributed by atoms with Crippen LogP contribution >= 0.6 is 47.0 Å². The van der Waals surface area contributed by atoms with Gasteiger partial charge in [0.05, 0.1) is 142 Å². The van der Waals surface area contributed by atoms with Crippen molar-refractivity contribution in [3.8, 4) is 23.0 Å². The van der Waals surface area contributed by atoms with Gasteiger partial charge >= 0.3 is 0 Å². The standard InChI is InChI=1S/C96H128N8O8S4.4NO3/c1-93(2,3)73-53-77-89(109-65-85(105)97-45-33-49-101(13,14)61-69-37-25-21-26-38-69)78(54-73)114-80-56-75(95(7,8)9)58-82(91(80)111-67-87(107)99-47-35-51-103(17,18)63-71-41-29-23-30-42-71)116-84-60-76(96(10,11)12)59-83(92(84)112-68-88(108)100-48-36-52-104(19,20)64-72-43-31-24-32-44-72)115-81-57-74(94(4,5)6)55-79(113-77)90(81)110-66-86(106)98-46-34-50-102(15,16)62-70-39-27-22-28-40-70;4*2-1(3)4/h21-32,37-44,53-60H,33-36,45-52,61-68H2,1-20H3;;;;/q;4*-1/p+4. The van der Waals surface area contributed by atoms with Gasteiger partial charge in [-0.05, 0) is 92.4 Å². The smallest absolute Gasteiger partial charge is 0.257 e. The lowest BCUT2D eigenvalue weighted by Gasteiger charge is -2.30. The maximum absolute atomic E-state index is 14.6. The maximum atomic E-state index is 14.6. The number of amides is 4. The van der Waals surface area contributed by atoms with Gasteiger partial charge in [0, 0.05) is 74.1 Å². The van der Waals surface area contributed by atoms with Crippen LogP contribution in [0.2, 0.25) is 0 Å². The summed E-state index contributed by atoms with van der Waals surface area (Å²) < 4.78 is 31.6. The molecule has 36 heteroatoms. The van der Waals surface area contributed by atoms with Gasteiger partial charge in [-0.1, -0.05) is 251 Å². The molecule has 0 saturated heterocycles. The zero-order chi connectivity index (χ0) is 98.6. The molecular formula is C96H132N12O20S4. The van der Waals surface area contributed by atoms with Crippen LogP contribution in [0.5, 0.6) is 23.0 Å². The molecule has 8 aromatic carbocycles. The Balaban J connectivity index is 0.00000178. The maximum Gasteiger partial charge on any atom is 0.257 e. The molecule has 0 aliphatic carbocycles. The van der Waals surface area contributed by atoms with E-state index in [2.05, 4.69) is 306 Å². The van der Waals surface area contributed by atoms with Crippen LogP contribution in [0.1, 0.15) is 153 Å². The first-order valence-corrected chi connectivity index (χ1v) is 46.5. The van der Waals surface area contributed by atoms with Gasteiger partial charge < -0.3 is 119 Å². The second-order valence-electron chi connectivity index (χ2n) is 38.7. The van der Waals surface area contributed by atoms with Crippen molar-refractivity contribution < 1.29 is 76.4 Å². The molecule has 0 atom stereocenters. The number of fused-ring (bicyclic) bond motifs is 8. The van der Waals surface area contributed by atoms with Crippen LogP contribution < -0.4 is 40.2 Å². The third kappa shape index (κ3) is 42.6. The van der Waals surface area contributed by atoms with Gasteiger partial charge in [0.25, 0.3) is 23.6 Å². The first-order chi connectivity index (χ1) is 61.5. The summed E-state index contributed by atoms with van der Waals surface area (Å²) in [5, 5.41) is 71.9. The van der Waals surface area contributed by atoms with E-state index in [4.69, 9.17) is 80.2 Å². The number of quaternary nitrogens is 4. The number of hydrogen-bond acceptors (Lipinski definition) is 24. The average Bonchev–Trinajstić information content (AvgIpc) is 0.757. The van der Waals surface area contributed by atoms with E-state index >= 15 is 0 Å². The van der Waals surface area contributed by atoms with E-state index in [-0.39, 0.29) is 50.1 Å². The Kier molecular flexibility index (Phi) is 43.7. The van der Waals surface area contributed by atoms with Crippen LogP contribution in [0.3, 0.4) is 0 Å². The normalized spacial score (nSPS) is 12.2. The molecule has 0 spiro atoms. The molecule has 0 fully saturated rings. The summed E-state index contributed by atoms with van der Waals surface area (Å²) in [7, 11) is 17.7. The minimum Gasteiger partial charge on any atom is -0.481 e. The fraction of sp³-hybridized carbons (Fsp3) is 0.458. The zero-order valence-corrected chi connectivity index (χ0v) is 82.9. The Labute approximate surface area is 793 Å². The highest BCUT2D eigenvalue weighted by atomic mass is 32.2. The van der Waals surface area contributed by atoms with E-state index < -0.39 is 42.0 Å². The molecule has 0 unspecified atom stereocenters. The number of carbonyl (C=O) groups is 4. The Morgan fingerprint density at radius 3 is 0.561 bits per heavy atom. The van der Waals surface area contributed by atoms with Gasteiger partial charge in [-0.25, -0.2) is 0 Å². The fourth-order valence-corrected chi connectivity index (χ4v) is 18.8. The van der Waals surface area contributed by atoms with Crippen LogP contribution in [0.15, 0.2) is 209 Å². The second kappa shape index (κ2) is 51.8. The van der Waals surface area contributed by atoms with Crippen molar-refractivity contribution in [3.63, 3.8) is 0 Å². The largest absolute Gasteiger partial charge is 0.481 e. The zero-order valence-electron chi connectivity index (χ0n) is 79.7. The summed E-state index contributed by atoms with van der Waals surface area (Å²) in [5.41, 5.74) is 7.35. The Bertz CT molecular complexity index is 4350. The number of benzene rings is 8. The number of nitrogens with one attached hydrogen (secondary N) is 4. The van der Waals surface area contributed by atoms with Crippen LogP contribution in [-0.2, 0) is 67.0 Å². The summed E-state index contributed by atoms with van der Waals surface area (Å²) in [4.78, 5) is 97.0. The molecule has 1 heterocycles. The number of rotatable bonds is 36. The third-order valence-electron chi connectivity index (χ3n) is 20.7. The van der Waals surface area contributed by atoms with Crippen molar-refractivity contribution in [3.05, 3.63) is 276 Å². The van der Waals surface area contributed by atoms with Crippen LogP contribution in [-0.4, -0.2) is 197 Å². The van der Waals surface area contributed by atoms with Crippen LogP contribution in [0.4, 0.5) is 0 Å². The lowest BCUT2D eigenvalue weighted by molar-refractivity contribution is -0.903. The highest BCUT2D eigenvalue weighted by Gasteiger charge is 2.33. The lowest BCUT2D eigenvalue weighted by atomic mass is 9.87. The van der Waals surface area contributed by atoms with E-state index in [1.165, 1.54) is 69.3 Å². The van der Waals surface area contributed by atoms with E-state index in [0.717, 1.165) is 118 Å². The SMILES string of the molecule is CC(C)(C)c1cc2c(OCC(=O)NCCC[N+](C)(C)Cc3ccccc3)c(c1)Sc1cc(C(C)(C)C)cc(c1OCC(=O)NCCC[N+](C)(C)Cc1ccccc1)Sc1cc(C(C)(C)C)cc(c1OCC(=O)NCCC[N+](C)(C)Cc1ccccc1)Sc1cc(C(C)(C)C)cc(c1OCC(=O)NCCC[N+](C)(C)Cc1ccccc1)S2.O=[N+]([O-])[O-].O=[N+]([O-])[O-].O=[N+]([O-])[O-].O=[N+]([O-])[O-]. The molecule has 9 rings (SSSR count). The van der Waals surface area contributed by atoms with Gasteiger partial charge in [0.1, 0.15) is 49.2 Å². The Hall–Kier alpha value is -11.1. The molecule has 32 nitrogen and oxygen atoms in total. The first kappa shape index (κ1) is 111. The molecule has 4 N–H and O–H groups in total. The van der Waals surface area contributed by atoms with Crippen molar-refractivity contribution in [2.45, 2.75) is 196 Å². The number of ether oxygens (including phenoxy) is 4. The van der Waals surface area contributed by atoms with Gasteiger partial charge in [-0.3, -0.25) is 19.2 Å². The quantitative estimate of drug-likeness (QED) is 0.0123. The topological polar surface area (TPSA) is 418 Å². The predicted octanol–water partition coefficient (Wildman–Crippen LogP) is 17.5. The van der Waals surface area contributed by atoms with Gasteiger partial charge in [-0.15, -0.1) is 0 Å². The summed E-state index contributed by atoms with van der Waals surface area (Å²) >= 11 is 5.89. The molecule has 4 amide bonds. The van der Waals surface area contributed by atoms with Crippen LogP contribution in [0.25, 0.3) is 0 Å². The lowest BCUT2D eigenvalue weighted by Crippen LogP contribution is -2.41. The molecule has 8 aromatic rings. The van der Waals surface area contributed by atoms with Crippen LogP contribution in [0, 0.1) is 61.3 Å². The summed E-state index contributed by atoms with van der Waals surface area (Å²) in [5.74, 6) is 0.837. The molecule has 8 bridgehead atoms. The van der Waals surface area contributed by atoms with E-state index in [1.54, 1.807) is 0 Å². The van der Waals surface area contributed by atoms with Crippen molar-refractivity contribution in [2.24, 2.45) is 0 Å². The highest BCUT2D eigenvalue weighted by molar-refractivity contribution is 8.01. The highest BCUT2D eigenvalue weighted by Crippen LogP contribution is 2.57. The van der Waals surface area contributed by atoms with Crippen molar-refractivity contribution in [1.82, 2.24) is 21.3 Å². The third-order valence-corrected chi connectivity index (χ3v) is 24.9. The van der Waals surface area contributed by atoms with Gasteiger partial charge in [0.15, 0.2) is 26.4 Å². The van der Waals surface area contributed by atoms with E-state index in [9.17, 15) is 19.2 Å². The summed E-state index contributed by atoms with van der Waals surface area (Å²) in [6.45, 7) is 33.8. The molecule has 720 valence electrons. The van der Waals surface area contributed by atoms with Crippen molar-refractivity contribution >= 4 is 70.7 Å². The van der Waals surface area contributed by atoms with Gasteiger partial charge in [-0.2, -0.15) is 0 Å². The van der Waals surface area contributed by atoms with Crippen molar-refractivity contribution in [2.75, 3.05) is 135 Å². The summed E-state index contributed by atoms with van der Waals surface area (Å²) in [6, 6.07) is 59.3. The molecular weight excluding hydrogens is 1770 g/mol.